The molecule has 0 aromatic heterocycles. The molecule has 0 aromatic rings. The predicted molar refractivity (Wildman–Crippen MR) is 72.0 cm³/mol. The monoisotopic (exact) mass is 242 g/mol. The molecule has 3 heteroatoms. The van der Waals surface area contributed by atoms with E-state index in [-0.39, 0.29) is 5.78 Å². The number of aliphatic hydroxyl groups is 1. The Balaban J connectivity index is 4.55. The Morgan fingerprint density at radius 2 is 2.00 bits per heavy atom. The number of unbranched alkanes of at least 4 members (excludes halogenated alkanes) is 1. The quantitative estimate of drug-likeness (QED) is 0.235. The number of Topliss-reactive ketones (excluding diaryl/α,β-unsaturated/α-hetero) is 1. The van der Waals surface area contributed by atoms with Gasteiger partial charge in [-0.3, -0.25) is 4.79 Å². The van der Waals surface area contributed by atoms with Crippen molar-refractivity contribution in [3.63, 3.8) is 0 Å². The molecule has 0 heterocycles. The highest BCUT2D eigenvalue weighted by Crippen LogP contribution is 2.25. The highest BCUT2D eigenvalue weighted by atomic mass is 32.1. The van der Waals surface area contributed by atoms with E-state index in [4.69, 9.17) is 5.11 Å². The first-order chi connectivity index (χ1) is 7.49. The van der Waals surface area contributed by atoms with E-state index in [0.29, 0.717) is 12.0 Å². The van der Waals surface area contributed by atoms with Crippen molar-refractivity contribution >= 4 is 18.4 Å². The van der Waals surface area contributed by atoms with E-state index >= 15 is 0 Å². The molecule has 0 bridgehead atoms. The molecule has 0 aliphatic carbocycles. The van der Waals surface area contributed by atoms with Crippen molar-refractivity contribution < 1.29 is 9.90 Å². The molecule has 0 unspecified atom stereocenters. The minimum atomic E-state index is -0.537. The molecule has 92 valence electrons. The molecule has 0 radical (unpaired) electrons. The third-order valence-corrected chi connectivity index (χ3v) is 2.79. The minimum Gasteiger partial charge on any atom is -0.515 e. The van der Waals surface area contributed by atoms with Gasteiger partial charge in [0.15, 0.2) is 5.78 Å². The number of carbonyl (C=O) groups excluding carboxylic acids is 1. The van der Waals surface area contributed by atoms with Crippen LogP contribution in [0.5, 0.6) is 0 Å². The Morgan fingerprint density at radius 1 is 1.38 bits per heavy atom. The van der Waals surface area contributed by atoms with Crippen molar-refractivity contribution in [1.82, 2.24) is 0 Å². The van der Waals surface area contributed by atoms with Crippen molar-refractivity contribution in [2.75, 3.05) is 5.75 Å². The smallest absolute Gasteiger partial charge is 0.171 e. The molecule has 0 aliphatic heterocycles. The van der Waals surface area contributed by atoms with Crippen LogP contribution in [0.25, 0.3) is 0 Å². The van der Waals surface area contributed by atoms with Gasteiger partial charge in [-0.15, -0.1) is 0 Å². The number of rotatable bonds is 7. The van der Waals surface area contributed by atoms with Crippen molar-refractivity contribution in [3.05, 3.63) is 24.0 Å². The Kier molecular flexibility index (Phi) is 7.22. The Bertz CT molecular complexity index is 278. The summed E-state index contributed by atoms with van der Waals surface area (Å²) in [5.74, 6) is 0.804. The zero-order valence-electron chi connectivity index (χ0n) is 10.4. The summed E-state index contributed by atoms with van der Waals surface area (Å²) in [6.45, 7) is 5.60. The number of thiol groups is 1. The largest absolute Gasteiger partial charge is 0.515 e. The van der Waals surface area contributed by atoms with Gasteiger partial charge in [0, 0.05) is 11.0 Å². The van der Waals surface area contributed by atoms with Gasteiger partial charge in [0.05, 0.1) is 6.26 Å². The highest BCUT2D eigenvalue weighted by Gasteiger charge is 2.26. The van der Waals surface area contributed by atoms with Crippen LogP contribution in [-0.4, -0.2) is 16.6 Å². The van der Waals surface area contributed by atoms with E-state index in [1.165, 1.54) is 0 Å². The molecule has 0 atom stereocenters. The van der Waals surface area contributed by atoms with Crippen LogP contribution in [0.15, 0.2) is 24.0 Å². The van der Waals surface area contributed by atoms with Gasteiger partial charge in [-0.25, -0.2) is 0 Å². The van der Waals surface area contributed by atoms with Crippen molar-refractivity contribution in [2.45, 2.75) is 40.0 Å². The Labute approximate surface area is 104 Å². The van der Waals surface area contributed by atoms with Crippen LogP contribution < -0.4 is 0 Å². The first kappa shape index (κ1) is 15.3. The van der Waals surface area contributed by atoms with E-state index in [1.807, 2.05) is 32.9 Å². The van der Waals surface area contributed by atoms with Gasteiger partial charge in [0.2, 0.25) is 0 Å². The number of aliphatic hydroxyl groups excluding tert-OH is 1. The summed E-state index contributed by atoms with van der Waals surface area (Å²) < 4.78 is 0. The first-order valence-electron chi connectivity index (χ1n) is 5.62. The Morgan fingerprint density at radius 3 is 2.44 bits per heavy atom. The van der Waals surface area contributed by atoms with E-state index < -0.39 is 5.41 Å². The molecule has 0 aromatic carbocycles. The van der Waals surface area contributed by atoms with Gasteiger partial charge < -0.3 is 5.11 Å². The van der Waals surface area contributed by atoms with Crippen molar-refractivity contribution in [3.8, 4) is 0 Å². The van der Waals surface area contributed by atoms with Gasteiger partial charge in [0.1, 0.15) is 0 Å². The summed E-state index contributed by atoms with van der Waals surface area (Å²) in [7, 11) is 0. The molecule has 16 heavy (non-hydrogen) atoms. The fourth-order valence-corrected chi connectivity index (χ4v) is 1.79. The fraction of sp³-hybridized carbons (Fsp3) is 0.615. The zero-order valence-corrected chi connectivity index (χ0v) is 11.3. The summed E-state index contributed by atoms with van der Waals surface area (Å²) in [4.78, 5) is 12.1. The zero-order chi connectivity index (χ0) is 12.6. The number of ketones is 1. The maximum absolute atomic E-state index is 12.1. The van der Waals surface area contributed by atoms with Crippen LogP contribution in [0, 0.1) is 5.41 Å². The van der Waals surface area contributed by atoms with Crippen LogP contribution in [0.2, 0.25) is 0 Å². The third-order valence-electron chi connectivity index (χ3n) is 2.47. The SMILES string of the molecule is C/C=C/C(C)(C)C(=O)/C(=C\O)CCCCS. The Hall–Kier alpha value is -0.700. The summed E-state index contributed by atoms with van der Waals surface area (Å²) in [5, 5.41) is 9.10. The summed E-state index contributed by atoms with van der Waals surface area (Å²) in [6, 6.07) is 0. The summed E-state index contributed by atoms with van der Waals surface area (Å²) in [6.07, 6.45) is 7.13. The van der Waals surface area contributed by atoms with Crippen LogP contribution >= 0.6 is 12.6 Å². The second-order valence-electron chi connectivity index (χ2n) is 4.39. The van der Waals surface area contributed by atoms with E-state index in [9.17, 15) is 4.79 Å². The molecule has 0 fully saturated rings. The van der Waals surface area contributed by atoms with Gasteiger partial charge in [0.25, 0.3) is 0 Å². The highest BCUT2D eigenvalue weighted by molar-refractivity contribution is 7.80. The molecule has 2 nitrogen and oxygen atoms in total. The molecule has 0 spiro atoms. The molecule has 0 saturated heterocycles. The third kappa shape index (κ3) is 4.88. The minimum absolute atomic E-state index is 0.00716. The van der Waals surface area contributed by atoms with Crippen LogP contribution in [0.1, 0.15) is 40.0 Å². The number of hydrogen-bond donors (Lipinski definition) is 2. The second kappa shape index (κ2) is 7.55. The van der Waals surface area contributed by atoms with E-state index in [1.54, 1.807) is 0 Å². The normalized spacial score (nSPS) is 13.4. The fourth-order valence-electron chi connectivity index (χ4n) is 1.57. The number of hydrogen-bond acceptors (Lipinski definition) is 3. The molecular weight excluding hydrogens is 220 g/mol. The van der Waals surface area contributed by atoms with E-state index in [0.717, 1.165) is 24.9 Å². The molecule has 1 N–H and O–H groups in total. The lowest BCUT2D eigenvalue weighted by Crippen LogP contribution is -2.23. The molecule has 0 amide bonds. The second-order valence-corrected chi connectivity index (χ2v) is 4.83. The van der Waals surface area contributed by atoms with Gasteiger partial charge in [-0.2, -0.15) is 12.6 Å². The lowest BCUT2D eigenvalue weighted by Gasteiger charge is -2.19. The van der Waals surface area contributed by atoms with Gasteiger partial charge >= 0.3 is 0 Å². The molecular formula is C13H22O2S. The number of allylic oxidation sites excluding steroid dienone is 3. The number of carbonyl (C=O) groups is 1. The topological polar surface area (TPSA) is 37.3 Å². The van der Waals surface area contributed by atoms with Gasteiger partial charge in [-0.05, 0) is 45.8 Å². The lowest BCUT2D eigenvalue weighted by molar-refractivity contribution is -0.121. The predicted octanol–water partition coefficient (Wildman–Crippen LogP) is 3.70. The van der Waals surface area contributed by atoms with Crippen molar-refractivity contribution in [1.29, 1.82) is 0 Å². The summed E-state index contributed by atoms with van der Waals surface area (Å²) >= 11 is 4.12. The summed E-state index contributed by atoms with van der Waals surface area (Å²) in [5.41, 5.74) is -0.0329. The van der Waals surface area contributed by atoms with E-state index in [2.05, 4.69) is 12.6 Å². The van der Waals surface area contributed by atoms with Crippen LogP contribution in [0.3, 0.4) is 0 Å². The lowest BCUT2D eigenvalue weighted by atomic mass is 9.82. The average Bonchev–Trinajstić information content (AvgIpc) is 2.23. The van der Waals surface area contributed by atoms with Gasteiger partial charge in [-0.1, -0.05) is 12.2 Å². The maximum atomic E-state index is 12.1. The average molecular weight is 242 g/mol. The van der Waals surface area contributed by atoms with Crippen molar-refractivity contribution in [2.24, 2.45) is 5.41 Å². The molecule has 0 aliphatic rings. The maximum Gasteiger partial charge on any atom is 0.171 e. The molecule has 0 rings (SSSR count). The standard InChI is InChI=1S/C13H22O2S/c1-4-8-13(2,3)12(15)11(10-14)7-5-6-9-16/h4,8,10,14,16H,5-7,9H2,1-3H3/b8-4+,11-10-. The first-order valence-corrected chi connectivity index (χ1v) is 6.25. The van der Waals surface area contributed by atoms with Crippen LogP contribution in [-0.2, 0) is 4.79 Å². The molecule has 0 saturated carbocycles. The van der Waals surface area contributed by atoms with Crippen LogP contribution in [0.4, 0.5) is 0 Å².